The van der Waals surface area contributed by atoms with Crippen LogP contribution in [0.4, 0.5) is 10.1 Å². The van der Waals surface area contributed by atoms with E-state index >= 15 is 0 Å². The van der Waals surface area contributed by atoms with Gasteiger partial charge in [0.05, 0.1) is 5.56 Å². The number of hydrogen-bond acceptors (Lipinski definition) is 2. The Bertz CT molecular complexity index is 315. The highest BCUT2D eigenvalue weighted by Crippen LogP contribution is 2.12. The van der Waals surface area contributed by atoms with E-state index in [1.807, 2.05) is 6.92 Å². The average molecular weight is 164 g/mol. The zero-order valence-electron chi connectivity index (χ0n) is 6.76. The highest BCUT2D eigenvalue weighted by atomic mass is 19.1. The predicted octanol–water partition coefficient (Wildman–Crippen LogP) is 2.13. The number of rotatable bonds is 2. The molecule has 0 bridgehead atoms. The molecule has 0 heterocycles. The molecule has 0 unspecified atom stereocenters. The van der Waals surface area contributed by atoms with Crippen LogP contribution in [0, 0.1) is 17.1 Å². The van der Waals surface area contributed by atoms with Crippen molar-refractivity contribution in [3.63, 3.8) is 0 Å². The van der Waals surface area contributed by atoms with Crippen LogP contribution in [0.1, 0.15) is 12.5 Å². The Morgan fingerprint density at radius 1 is 1.58 bits per heavy atom. The maximum atomic E-state index is 12.9. The van der Waals surface area contributed by atoms with Gasteiger partial charge in [0.2, 0.25) is 0 Å². The summed E-state index contributed by atoms with van der Waals surface area (Å²) in [5.74, 6) is -0.476. The van der Waals surface area contributed by atoms with Crippen LogP contribution in [0.15, 0.2) is 18.2 Å². The summed E-state index contributed by atoms with van der Waals surface area (Å²) >= 11 is 0. The first-order valence-electron chi connectivity index (χ1n) is 3.71. The number of nitrogens with one attached hydrogen (secondary N) is 1. The number of nitrogens with zero attached hydrogens (tertiary/aromatic N) is 1. The average Bonchev–Trinajstić information content (AvgIpc) is 2.05. The monoisotopic (exact) mass is 164 g/mol. The van der Waals surface area contributed by atoms with Crippen molar-refractivity contribution in [1.29, 1.82) is 5.26 Å². The third-order valence-electron chi connectivity index (χ3n) is 1.47. The fraction of sp³-hybridized carbons (Fsp3) is 0.222. The molecule has 3 heteroatoms. The minimum Gasteiger partial charge on any atom is -0.385 e. The Hall–Kier alpha value is -1.56. The topological polar surface area (TPSA) is 35.8 Å². The summed E-state index contributed by atoms with van der Waals surface area (Å²) < 4.78 is 12.9. The summed E-state index contributed by atoms with van der Waals surface area (Å²) in [6, 6.07) is 6.23. The molecule has 0 aliphatic rings. The zero-order valence-corrected chi connectivity index (χ0v) is 6.76. The minimum atomic E-state index is -0.476. The standard InChI is InChI=1S/C9H9FN2/c1-2-12-8-4-3-7(6-11)9(10)5-8/h3-5,12H,2H2,1H3. The number of benzene rings is 1. The SMILES string of the molecule is CCNc1ccc(C#N)c(F)c1. The Balaban J connectivity index is 2.96. The van der Waals surface area contributed by atoms with Crippen LogP contribution in [-0.2, 0) is 0 Å². The molecule has 0 fully saturated rings. The highest BCUT2D eigenvalue weighted by molar-refractivity contribution is 5.47. The van der Waals surface area contributed by atoms with Gasteiger partial charge in [-0.2, -0.15) is 5.26 Å². The van der Waals surface area contributed by atoms with Gasteiger partial charge in [-0.1, -0.05) is 0 Å². The molecule has 0 atom stereocenters. The molecule has 0 aliphatic heterocycles. The van der Waals surface area contributed by atoms with Crippen LogP contribution in [0.2, 0.25) is 0 Å². The molecule has 2 nitrogen and oxygen atoms in total. The Morgan fingerprint density at radius 3 is 2.83 bits per heavy atom. The fourth-order valence-corrected chi connectivity index (χ4v) is 0.920. The normalized spacial score (nSPS) is 9.08. The first-order valence-corrected chi connectivity index (χ1v) is 3.71. The van der Waals surface area contributed by atoms with Gasteiger partial charge >= 0.3 is 0 Å². The molecule has 1 aromatic carbocycles. The molecule has 1 N–H and O–H groups in total. The van der Waals surface area contributed by atoms with Crippen LogP contribution in [0.3, 0.4) is 0 Å². The van der Waals surface area contributed by atoms with Gasteiger partial charge in [0.15, 0.2) is 0 Å². The van der Waals surface area contributed by atoms with Crippen molar-refractivity contribution in [1.82, 2.24) is 0 Å². The van der Waals surface area contributed by atoms with E-state index in [0.717, 1.165) is 6.54 Å². The fourth-order valence-electron chi connectivity index (χ4n) is 0.920. The number of halogens is 1. The minimum absolute atomic E-state index is 0.0802. The maximum Gasteiger partial charge on any atom is 0.143 e. The van der Waals surface area contributed by atoms with Crippen LogP contribution >= 0.6 is 0 Å². The van der Waals surface area contributed by atoms with Gasteiger partial charge in [0.1, 0.15) is 11.9 Å². The molecule has 1 aromatic rings. The Kier molecular flexibility index (Phi) is 2.65. The van der Waals surface area contributed by atoms with Gasteiger partial charge in [-0.15, -0.1) is 0 Å². The second kappa shape index (κ2) is 3.72. The highest BCUT2D eigenvalue weighted by Gasteiger charge is 2.00. The predicted molar refractivity (Wildman–Crippen MR) is 45.3 cm³/mol. The summed E-state index contributed by atoms with van der Waals surface area (Å²) in [6.45, 7) is 2.67. The first-order chi connectivity index (χ1) is 5.77. The molecular formula is C9H9FN2. The Labute approximate surface area is 70.6 Å². The van der Waals surface area contributed by atoms with E-state index in [9.17, 15) is 4.39 Å². The van der Waals surface area contributed by atoms with E-state index in [-0.39, 0.29) is 5.56 Å². The van der Waals surface area contributed by atoms with Crippen LogP contribution in [0.5, 0.6) is 0 Å². The van der Waals surface area contributed by atoms with E-state index in [1.54, 1.807) is 12.1 Å². The second-order valence-corrected chi connectivity index (χ2v) is 2.34. The van der Waals surface area contributed by atoms with Gasteiger partial charge < -0.3 is 5.32 Å². The van der Waals surface area contributed by atoms with Crippen LogP contribution in [-0.4, -0.2) is 6.54 Å². The molecule has 0 saturated carbocycles. The van der Waals surface area contributed by atoms with Crippen molar-refractivity contribution in [3.8, 4) is 6.07 Å². The molecule has 1 rings (SSSR count). The summed E-state index contributed by atoms with van der Waals surface area (Å²) in [7, 11) is 0. The molecule has 0 spiro atoms. The van der Waals surface area contributed by atoms with Crippen LogP contribution in [0.25, 0.3) is 0 Å². The summed E-state index contributed by atoms with van der Waals surface area (Å²) in [6.07, 6.45) is 0. The molecule has 62 valence electrons. The summed E-state index contributed by atoms with van der Waals surface area (Å²) in [5, 5.41) is 11.4. The van der Waals surface area contributed by atoms with Gasteiger partial charge in [-0.25, -0.2) is 4.39 Å². The third kappa shape index (κ3) is 1.73. The van der Waals surface area contributed by atoms with Crippen LogP contribution < -0.4 is 5.32 Å². The van der Waals surface area contributed by atoms with Crippen molar-refractivity contribution < 1.29 is 4.39 Å². The lowest BCUT2D eigenvalue weighted by molar-refractivity contribution is 0.624. The van der Waals surface area contributed by atoms with Crippen molar-refractivity contribution >= 4 is 5.69 Å². The van der Waals surface area contributed by atoms with Crippen molar-refractivity contribution in [2.24, 2.45) is 0 Å². The largest absolute Gasteiger partial charge is 0.385 e. The molecule has 0 aromatic heterocycles. The van der Waals surface area contributed by atoms with Gasteiger partial charge in [0.25, 0.3) is 0 Å². The number of nitriles is 1. The molecule has 12 heavy (non-hydrogen) atoms. The van der Waals surface area contributed by atoms with Gasteiger partial charge in [0, 0.05) is 12.2 Å². The van der Waals surface area contributed by atoms with Crippen molar-refractivity contribution in [3.05, 3.63) is 29.6 Å². The van der Waals surface area contributed by atoms with E-state index in [0.29, 0.717) is 5.69 Å². The number of hydrogen-bond donors (Lipinski definition) is 1. The maximum absolute atomic E-state index is 12.9. The third-order valence-corrected chi connectivity index (χ3v) is 1.47. The Morgan fingerprint density at radius 2 is 2.33 bits per heavy atom. The van der Waals surface area contributed by atoms with E-state index < -0.39 is 5.82 Å². The van der Waals surface area contributed by atoms with Gasteiger partial charge in [-0.05, 0) is 25.1 Å². The van der Waals surface area contributed by atoms with E-state index in [4.69, 9.17) is 5.26 Å². The first kappa shape index (κ1) is 8.54. The summed E-state index contributed by atoms with van der Waals surface area (Å²) in [5.41, 5.74) is 0.783. The van der Waals surface area contributed by atoms with Gasteiger partial charge in [-0.3, -0.25) is 0 Å². The molecular weight excluding hydrogens is 155 g/mol. The quantitative estimate of drug-likeness (QED) is 0.726. The van der Waals surface area contributed by atoms with Crippen molar-refractivity contribution in [2.45, 2.75) is 6.92 Å². The molecule has 0 amide bonds. The number of anilines is 1. The van der Waals surface area contributed by atoms with Crippen molar-refractivity contribution in [2.75, 3.05) is 11.9 Å². The van der Waals surface area contributed by atoms with E-state index in [2.05, 4.69) is 5.32 Å². The second-order valence-electron chi connectivity index (χ2n) is 2.34. The lowest BCUT2D eigenvalue weighted by atomic mass is 10.2. The summed E-state index contributed by atoms with van der Waals surface area (Å²) in [4.78, 5) is 0. The lowest BCUT2D eigenvalue weighted by Crippen LogP contribution is -1.97. The zero-order chi connectivity index (χ0) is 8.97. The molecule has 0 radical (unpaired) electrons. The molecule has 0 aliphatic carbocycles. The van der Waals surface area contributed by atoms with E-state index in [1.165, 1.54) is 12.1 Å². The lowest BCUT2D eigenvalue weighted by Gasteiger charge is -2.02. The smallest absolute Gasteiger partial charge is 0.143 e. The molecule has 0 saturated heterocycles.